The SMILES string of the molecule is COc1ccc2nc(-c3ccccc3)n3nc(-c4ccccc4)cc3c2c1. The van der Waals surface area contributed by atoms with Gasteiger partial charge in [-0.2, -0.15) is 5.10 Å². The summed E-state index contributed by atoms with van der Waals surface area (Å²) in [6, 6.07) is 28.4. The van der Waals surface area contributed by atoms with Crippen LogP contribution in [0.2, 0.25) is 0 Å². The molecule has 0 spiro atoms. The summed E-state index contributed by atoms with van der Waals surface area (Å²) < 4.78 is 7.35. The Morgan fingerprint density at radius 1 is 0.778 bits per heavy atom. The minimum absolute atomic E-state index is 0.807. The Hall–Kier alpha value is -3.66. The molecule has 4 heteroatoms. The Balaban J connectivity index is 1.87. The zero-order valence-electron chi connectivity index (χ0n) is 14.8. The molecular formula is C23H17N3O. The lowest BCUT2D eigenvalue weighted by molar-refractivity contribution is 0.415. The summed E-state index contributed by atoms with van der Waals surface area (Å²) in [6.45, 7) is 0. The molecule has 0 N–H and O–H groups in total. The topological polar surface area (TPSA) is 39.4 Å². The predicted octanol–water partition coefficient (Wildman–Crippen LogP) is 5.23. The molecule has 2 heterocycles. The summed E-state index contributed by atoms with van der Waals surface area (Å²) in [4.78, 5) is 4.90. The maximum absolute atomic E-state index is 5.42. The maximum Gasteiger partial charge on any atom is 0.161 e. The average molecular weight is 351 g/mol. The third-order valence-electron chi connectivity index (χ3n) is 4.72. The highest BCUT2D eigenvalue weighted by Crippen LogP contribution is 2.31. The summed E-state index contributed by atoms with van der Waals surface area (Å²) >= 11 is 0. The second kappa shape index (κ2) is 6.25. The molecule has 5 rings (SSSR count). The van der Waals surface area contributed by atoms with Crippen molar-refractivity contribution in [2.24, 2.45) is 0 Å². The van der Waals surface area contributed by atoms with Gasteiger partial charge in [0.15, 0.2) is 5.82 Å². The van der Waals surface area contributed by atoms with Crippen LogP contribution in [0.4, 0.5) is 0 Å². The van der Waals surface area contributed by atoms with Crippen LogP contribution in [0.5, 0.6) is 5.75 Å². The smallest absolute Gasteiger partial charge is 0.161 e. The van der Waals surface area contributed by atoms with E-state index in [0.29, 0.717) is 0 Å². The van der Waals surface area contributed by atoms with Gasteiger partial charge < -0.3 is 4.74 Å². The Bertz CT molecular complexity index is 1240. The van der Waals surface area contributed by atoms with Gasteiger partial charge in [-0.1, -0.05) is 60.7 Å². The molecule has 0 saturated heterocycles. The van der Waals surface area contributed by atoms with Crippen molar-refractivity contribution in [3.05, 3.63) is 84.9 Å². The Morgan fingerprint density at radius 2 is 1.48 bits per heavy atom. The van der Waals surface area contributed by atoms with Crippen molar-refractivity contribution in [2.45, 2.75) is 0 Å². The zero-order valence-corrected chi connectivity index (χ0v) is 14.8. The number of benzene rings is 3. The van der Waals surface area contributed by atoms with E-state index in [-0.39, 0.29) is 0 Å². The van der Waals surface area contributed by atoms with Gasteiger partial charge in [-0.15, -0.1) is 0 Å². The fraction of sp³-hybridized carbons (Fsp3) is 0.0435. The summed E-state index contributed by atoms with van der Waals surface area (Å²) in [6.07, 6.45) is 0. The van der Waals surface area contributed by atoms with Crippen LogP contribution in [0.15, 0.2) is 84.9 Å². The van der Waals surface area contributed by atoms with Crippen LogP contribution >= 0.6 is 0 Å². The molecule has 0 bridgehead atoms. The lowest BCUT2D eigenvalue weighted by Gasteiger charge is -2.09. The van der Waals surface area contributed by atoms with Gasteiger partial charge in [0.25, 0.3) is 0 Å². The fourth-order valence-electron chi connectivity index (χ4n) is 3.36. The summed E-state index contributed by atoms with van der Waals surface area (Å²) in [5.41, 5.74) is 4.96. The van der Waals surface area contributed by atoms with Gasteiger partial charge >= 0.3 is 0 Å². The number of ether oxygens (including phenoxy) is 1. The highest BCUT2D eigenvalue weighted by molar-refractivity contribution is 5.97. The summed E-state index contributed by atoms with van der Waals surface area (Å²) in [7, 11) is 1.68. The minimum atomic E-state index is 0.807. The molecule has 0 aliphatic rings. The van der Waals surface area contributed by atoms with Crippen molar-refractivity contribution in [3.63, 3.8) is 0 Å². The standard InChI is InChI=1S/C23H17N3O/c1-27-18-12-13-20-19(14-18)22-15-21(16-8-4-2-5-9-16)25-26(22)23(24-20)17-10-6-3-7-11-17/h2-15H,1H3. The molecule has 0 aliphatic carbocycles. The minimum Gasteiger partial charge on any atom is -0.497 e. The van der Waals surface area contributed by atoms with Crippen molar-refractivity contribution in [1.29, 1.82) is 0 Å². The van der Waals surface area contributed by atoms with E-state index in [1.165, 1.54) is 0 Å². The number of rotatable bonds is 3. The summed E-state index contributed by atoms with van der Waals surface area (Å²) in [5.74, 6) is 1.63. The molecule has 0 atom stereocenters. The third kappa shape index (κ3) is 2.62. The van der Waals surface area contributed by atoms with Gasteiger partial charge in [-0.05, 0) is 24.3 Å². The van der Waals surface area contributed by atoms with Gasteiger partial charge in [-0.3, -0.25) is 0 Å². The highest BCUT2D eigenvalue weighted by Gasteiger charge is 2.14. The Kier molecular flexibility index (Phi) is 3.61. The van der Waals surface area contributed by atoms with Gasteiger partial charge in [0.2, 0.25) is 0 Å². The maximum atomic E-state index is 5.42. The Labute approximate surface area is 156 Å². The van der Waals surface area contributed by atoms with Gasteiger partial charge in [0.05, 0.1) is 23.8 Å². The Morgan fingerprint density at radius 3 is 2.19 bits per heavy atom. The number of hydrogen-bond donors (Lipinski definition) is 0. The van der Waals surface area contributed by atoms with E-state index >= 15 is 0 Å². The van der Waals surface area contributed by atoms with Crippen molar-refractivity contribution >= 4 is 16.4 Å². The second-order valence-corrected chi connectivity index (χ2v) is 6.38. The van der Waals surface area contributed by atoms with Gasteiger partial charge in [-0.25, -0.2) is 9.50 Å². The lowest BCUT2D eigenvalue weighted by atomic mass is 10.1. The number of methoxy groups -OCH3 is 1. The van der Waals surface area contributed by atoms with Crippen LogP contribution in [-0.2, 0) is 0 Å². The first-order valence-electron chi connectivity index (χ1n) is 8.82. The normalized spacial score (nSPS) is 11.1. The van der Waals surface area contributed by atoms with E-state index < -0.39 is 0 Å². The quantitative estimate of drug-likeness (QED) is 0.447. The van der Waals surface area contributed by atoms with Crippen molar-refractivity contribution in [3.8, 4) is 28.4 Å². The molecule has 27 heavy (non-hydrogen) atoms. The van der Waals surface area contributed by atoms with E-state index in [1.54, 1.807) is 7.11 Å². The van der Waals surface area contributed by atoms with E-state index in [1.807, 2.05) is 59.1 Å². The van der Waals surface area contributed by atoms with Crippen molar-refractivity contribution < 1.29 is 4.74 Å². The molecule has 0 radical (unpaired) electrons. The van der Waals surface area contributed by atoms with Crippen LogP contribution in [0, 0.1) is 0 Å². The number of hydrogen-bond acceptors (Lipinski definition) is 3. The molecule has 0 saturated carbocycles. The zero-order chi connectivity index (χ0) is 18.2. The predicted molar refractivity (Wildman–Crippen MR) is 108 cm³/mol. The molecule has 0 unspecified atom stereocenters. The molecule has 5 aromatic rings. The molecule has 3 aromatic carbocycles. The van der Waals surface area contributed by atoms with Crippen molar-refractivity contribution in [1.82, 2.24) is 14.6 Å². The lowest BCUT2D eigenvalue weighted by Crippen LogP contribution is -1.99. The van der Waals surface area contributed by atoms with E-state index in [4.69, 9.17) is 14.8 Å². The van der Waals surface area contributed by atoms with Crippen LogP contribution in [0.1, 0.15) is 0 Å². The summed E-state index contributed by atoms with van der Waals surface area (Å²) in [5, 5.41) is 5.90. The molecule has 130 valence electrons. The molecule has 0 aliphatic heterocycles. The fourth-order valence-corrected chi connectivity index (χ4v) is 3.36. The second-order valence-electron chi connectivity index (χ2n) is 6.38. The molecule has 2 aromatic heterocycles. The first-order valence-corrected chi connectivity index (χ1v) is 8.82. The molecule has 0 fully saturated rings. The highest BCUT2D eigenvalue weighted by atomic mass is 16.5. The number of nitrogens with zero attached hydrogens (tertiary/aromatic N) is 3. The number of fused-ring (bicyclic) bond motifs is 3. The van der Waals surface area contributed by atoms with Crippen LogP contribution in [0.3, 0.4) is 0 Å². The van der Waals surface area contributed by atoms with Gasteiger partial charge in [0, 0.05) is 16.5 Å². The number of aromatic nitrogens is 3. The molecule has 4 nitrogen and oxygen atoms in total. The van der Waals surface area contributed by atoms with Crippen molar-refractivity contribution in [2.75, 3.05) is 7.11 Å². The van der Waals surface area contributed by atoms with Crippen LogP contribution in [-0.4, -0.2) is 21.7 Å². The van der Waals surface area contributed by atoms with Crippen LogP contribution in [0.25, 0.3) is 39.1 Å². The third-order valence-corrected chi connectivity index (χ3v) is 4.72. The first-order chi connectivity index (χ1) is 13.3. The molecular weight excluding hydrogens is 334 g/mol. The van der Waals surface area contributed by atoms with E-state index in [2.05, 4.69) is 30.3 Å². The largest absolute Gasteiger partial charge is 0.497 e. The van der Waals surface area contributed by atoms with Gasteiger partial charge in [0.1, 0.15) is 5.75 Å². The monoisotopic (exact) mass is 351 g/mol. The van der Waals surface area contributed by atoms with E-state index in [9.17, 15) is 0 Å². The molecule has 0 amide bonds. The van der Waals surface area contributed by atoms with E-state index in [0.717, 1.165) is 44.8 Å². The van der Waals surface area contributed by atoms with Crippen LogP contribution < -0.4 is 4.74 Å². The first kappa shape index (κ1) is 15.6. The average Bonchev–Trinajstić information content (AvgIpc) is 3.20.